The second-order valence-electron chi connectivity index (χ2n) is 9.84. The lowest BCUT2D eigenvalue weighted by atomic mass is 9.78. The van der Waals surface area contributed by atoms with Crippen molar-refractivity contribution >= 4 is 5.91 Å². The molecule has 2 aliphatic heterocycles. The van der Waals surface area contributed by atoms with Crippen LogP contribution in [0.3, 0.4) is 0 Å². The molecule has 1 aromatic heterocycles. The first-order valence-electron chi connectivity index (χ1n) is 11.6. The molecule has 3 fully saturated rings. The van der Waals surface area contributed by atoms with Crippen LogP contribution >= 0.6 is 0 Å². The summed E-state index contributed by atoms with van der Waals surface area (Å²) in [5.41, 5.74) is -0.131. The van der Waals surface area contributed by atoms with Gasteiger partial charge in [-0.2, -0.15) is 13.2 Å². The quantitative estimate of drug-likeness (QED) is 0.707. The number of aromatic nitrogens is 1. The molecule has 1 amide bonds. The normalized spacial score (nSPS) is 34.9. The molecule has 5 rings (SSSR count). The summed E-state index contributed by atoms with van der Waals surface area (Å²) in [4.78, 5) is 19.5. The van der Waals surface area contributed by atoms with Crippen molar-refractivity contribution in [3.05, 3.63) is 29.1 Å². The van der Waals surface area contributed by atoms with E-state index in [1.807, 2.05) is 0 Å². The van der Waals surface area contributed by atoms with Crippen molar-refractivity contribution in [1.29, 1.82) is 0 Å². The molecule has 9 heteroatoms. The summed E-state index contributed by atoms with van der Waals surface area (Å²) in [6.07, 6.45) is 0.752. The van der Waals surface area contributed by atoms with Crippen LogP contribution in [0.2, 0.25) is 0 Å². The van der Waals surface area contributed by atoms with E-state index in [-0.39, 0.29) is 37.1 Å². The summed E-state index contributed by atoms with van der Waals surface area (Å²) in [6, 6.07) is 0.978. The lowest BCUT2D eigenvalue weighted by Crippen LogP contribution is -2.49. The van der Waals surface area contributed by atoms with Gasteiger partial charge in [-0.25, -0.2) is 4.39 Å². The van der Waals surface area contributed by atoms with Crippen LogP contribution in [0.1, 0.15) is 55.3 Å². The van der Waals surface area contributed by atoms with E-state index < -0.39 is 23.3 Å². The van der Waals surface area contributed by atoms with Gasteiger partial charge in [-0.1, -0.05) is 6.42 Å². The number of hydrogen-bond donors (Lipinski definition) is 1. The van der Waals surface area contributed by atoms with Gasteiger partial charge in [0.1, 0.15) is 6.17 Å². The molecule has 2 aliphatic carbocycles. The van der Waals surface area contributed by atoms with Gasteiger partial charge < -0.3 is 15.0 Å². The molecule has 1 saturated heterocycles. The summed E-state index contributed by atoms with van der Waals surface area (Å²) in [5, 5.41) is 3.46. The number of amides is 1. The number of fused-ring (bicyclic) bond motifs is 2. The molecular formula is C23H29F4N3O2. The molecule has 176 valence electrons. The molecule has 4 aliphatic rings. The van der Waals surface area contributed by atoms with E-state index in [0.717, 1.165) is 37.9 Å². The number of halogens is 4. The molecule has 0 aromatic carbocycles. The second-order valence-corrected chi connectivity index (χ2v) is 9.84. The smallest absolute Gasteiger partial charge is 0.378 e. The van der Waals surface area contributed by atoms with Crippen LogP contribution in [0.5, 0.6) is 0 Å². The van der Waals surface area contributed by atoms with Crippen molar-refractivity contribution in [2.75, 3.05) is 19.8 Å². The predicted octanol–water partition coefficient (Wildman–Crippen LogP) is 3.65. The Morgan fingerprint density at radius 3 is 2.94 bits per heavy atom. The zero-order valence-corrected chi connectivity index (χ0v) is 18.0. The maximum absolute atomic E-state index is 14.2. The van der Waals surface area contributed by atoms with Gasteiger partial charge in [-0.3, -0.25) is 9.78 Å². The van der Waals surface area contributed by atoms with E-state index in [2.05, 4.69) is 10.3 Å². The summed E-state index contributed by atoms with van der Waals surface area (Å²) in [6.45, 7) is 1.30. The highest BCUT2D eigenvalue weighted by Crippen LogP contribution is 2.55. The third-order valence-corrected chi connectivity index (χ3v) is 7.95. The number of alkyl halides is 4. The Labute approximate surface area is 184 Å². The van der Waals surface area contributed by atoms with Gasteiger partial charge in [0.25, 0.3) is 0 Å². The van der Waals surface area contributed by atoms with Crippen LogP contribution in [-0.2, 0) is 28.7 Å². The van der Waals surface area contributed by atoms with E-state index in [0.29, 0.717) is 43.7 Å². The molecule has 0 radical (unpaired) electrons. The monoisotopic (exact) mass is 455 g/mol. The van der Waals surface area contributed by atoms with Gasteiger partial charge in [0.05, 0.1) is 17.6 Å². The first-order chi connectivity index (χ1) is 15.3. The summed E-state index contributed by atoms with van der Waals surface area (Å²) >= 11 is 0. The van der Waals surface area contributed by atoms with Crippen LogP contribution in [0.25, 0.3) is 0 Å². The van der Waals surface area contributed by atoms with Gasteiger partial charge in [0.15, 0.2) is 0 Å². The highest BCUT2D eigenvalue weighted by molar-refractivity contribution is 5.84. The van der Waals surface area contributed by atoms with Crippen molar-refractivity contribution in [2.45, 2.75) is 75.9 Å². The Bertz CT molecular complexity index is 879. The maximum atomic E-state index is 14.2. The van der Waals surface area contributed by atoms with Crippen molar-refractivity contribution in [1.82, 2.24) is 15.2 Å². The van der Waals surface area contributed by atoms with E-state index >= 15 is 0 Å². The lowest BCUT2D eigenvalue weighted by molar-refractivity contribution is -0.144. The lowest BCUT2D eigenvalue weighted by Gasteiger charge is -2.37. The number of rotatable bonds is 3. The molecule has 0 bridgehead atoms. The standard InChI is InChI=1S/C23H29F4N3O2/c24-18-13-32-7-4-20(18)29-17-9-15-2-1-5-22(15,10-17)21(31)30-6-3-19-14(12-30)8-16(11-28-19)23(25,26)27/h8,11,15,17-18,20,29H,1-7,9-10,12-13H2/t15-,17-,18-,20-,22-/m1/s1. The molecule has 5 nitrogen and oxygen atoms in total. The van der Waals surface area contributed by atoms with Gasteiger partial charge in [-0.05, 0) is 49.7 Å². The maximum Gasteiger partial charge on any atom is 0.417 e. The van der Waals surface area contributed by atoms with Crippen LogP contribution in [-0.4, -0.2) is 53.8 Å². The van der Waals surface area contributed by atoms with Gasteiger partial charge in [-0.15, -0.1) is 0 Å². The Balaban J connectivity index is 1.31. The zero-order chi connectivity index (χ0) is 22.5. The molecule has 32 heavy (non-hydrogen) atoms. The van der Waals surface area contributed by atoms with Gasteiger partial charge in [0, 0.05) is 50.1 Å². The van der Waals surface area contributed by atoms with Crippen LogP contribution < -0.4 is 5.32 Å². The average molecular weight is 455 g/mol. The summed E-state index contributed by atoms with van der Waals surface area (Å²) in [7, 11) is 0. The molecule has 1 aromatic rings. The molecule has 0 unspecified atom stereocenters. The van der Waals surface area contributed by atoms with Gasteiger partial charge >= 0.3 is 6.18 Å². The number of nitrogens with zero attached hydrogens (tertiary/aromatic N) is 2. The third kappa shape index (κ3) is 3.91. The molecular weight excluding hydrogens is 426 g/mol. The Hall–Kier alpha value is -1.74. The van der Waals surface area contributed by atoms with E-state index in [1.54, 1.807) is 4.90 Å². The Morgan fingerprint density at radius 1 is 1.31 bits per heavy atom. The zero-order valence-electron chi connectivity index (χ0n) is 18.0. The Kier molecular flexibility index (Phi) is 5.68. The first kappa shape index (κ1) is 22.1. The molecule has 3 heterocycles. The van der Waals surface area contributed by atoms with Crippen LogP contribution in [0.15, 0.2) is 12.3 Å². The van der Waals surface area contributed by atoms with Crippen molar-refractivity contribution in [3.8, 4) is 0 Å². The van der Waals surface area contributed by atoms with E-state index in [1.165, 1.54) is 0 Å². The highest BCUT2D eigenvalue weighted by atomic mass is 19.4. The largest absolute Gasteiger partial charge is 0.417 e. The van der Waals surface area contributed by atoms with Crippen LogP contribution in [0, 0.1) is 11.3 Å². The topological polar surface area (TPSA) is 54.5 Å². The fourth-order valence-electron chi connectivity index (χ4n) is 6.38. The summed E-state index contributed by atoms with van der Waals surface area (Å²) < 4.78 is 58.8. The van der Waals surface area contributed by atoms with Crippen LogP contribution in [0.4, 0.5) is 17.6 Å². The number of hydrogen-bond acceptors (Lipinski definition) is 4. The number of nitrogens with one attached hydrogen (secondary N) is 1. The van der Waals surface area contributed by atoms with Crippen molar-refractivity contribution in [2.24, 2.45) is 11.3 Å². The minimum Gasteiger partial charge on any atom is -0.378 e. The minimum atomic E-state index is -4.45. The molecule has 5 atom stereocenters. The van der Waals surface area contributed by atoms with E-state index in [4.69, 9.17) is 4.74 Å². The predicted molar refractivity (Wildman–Crippen MR) is 108 cm³/mol. The number of carbonyl (C=O) groups is 1. The second kappa shape index (κ2) is 8.24. The number of ether oxygens (including phenoxy) is 1. The van der Waals surface area contributed by atoms with Crippen molar-refractivity contribution < 1.29 is 27.1 Å². The number of carbonyl (C=O) groups excluding carboxylic acids is 1. The fourth-order valence-corrected chi connectivity index (χ4v) is 6.38. The minimum absolute atomic E-state index is 0.0520. The molecule has 0 spiro atoms. The van der Waals surface area contributed by atoms with E-state index in [9.17, 15) is 22.4 Å². The van der Waals surface area contributed by atoms with Gasteiger partial charge in [0.2, 0.25) is 5.91 Å². The fraction of sp³-hybridized carbons (Fsp3) is 0.739. The SMILES string of the molecule is O=C(N1CCc2ncc(C(F)(F)F)cc2C1)[C@@]12CCC[C@@H]1C[C@@H](N[C@@H]1CCOC[C@H]1F)C2. The number of pyridine rings is 1. The summed E-state index contributed by atoms with van der Waals surface area (Å²) in [5.74, 6) is 0.294. The molecule has 2 saturated carbocycles. The first-order valence-corrected chi connectivity index (χ1v) is 11.6. The highest BCUT2D eigenvalue weighted by Gasteiger charge is 2.56. The average Bonchev–Trinajstić information content (AvgIpc) is 3.31. The van der Waals surface area contributed by atoms with Crippen molar-refractivity contribution in [3.63, 3.8) is 0 Å². The molecule has 1 N–H and O–H groups in total. The third-order valence-electron chi connectivity index (χ3n) is 7.95. The Morgan fingerprint density at radius 2 is 2.16 bits per heavy atom.